The number of H-pyrrole nitrogens is 2. The van der Waals surface area contributed by atoms with Crippen LogP contribution in [0, 0.1) is 6.92 Å². The molecule has 8 nitrogen and oxygen atoms in total. The zero-order valence-corrected chi connectivity index (χ0v) is 17.4. The van der Waals surface area contributed by atoms with Gasteiger partial charge in [0.1, 0.15) is 17.4 Å². The minimum absolute atomic E-state index is 0.0729. The Hall–Kier alpha value is -4.07. The molecule has 0 saturated heterocycles. The summed E-state index contributed by atoms with van der Waals surface area (Å²) in [6, 6.07) is 13.2. The molecule has 5 rings (SSSR count). The molecule has 5 aromatic rings. The van der Waals surface area contributed by atoms with Crippen LogP contribution in [-0.4, -0.2) is 36.6 Å². The fraction of sp³-hybridized carbons (Fsp3) is 0.174. The van der Waals surface area contributed by atoms with Crippen LogP contribution in [0.4, 0.5) is 5.82 Å². The highest BCUT2D eigenvalue weighted by Crippen LogP contribution is 2.26. The second-order valence-corrected chi connectivity index (χ2v) is 7.81. The van der Waals surface area contributed by atoms with Crippen LogP contribution in [-0.2, 0) is 0 Å². The number of aromatic nitrogens is 5. The van der Waals surface area contributed by atoms with Gasteiger partial charge in [-0.05, 0) is 57.2 Å². The normalized spacial score (nSPS) is 11.6. The van der Waals surface area contributed by atoms with Crippen LogP contribution >= 0.6 is 0 Å². The number of ether oxygens (including phenoxy) is 1. The van der Waals surface area contributed by atoms with E-state index >= 15 is 0 Å². The number of ketones is 1. The Kier molecular flexibility index (Phi) is 4.28. The van der Waals surface area contributed by atoms with Crippen molar-refractivity contribution in [2.45, 2.75) is 26.9 Å². The van der Waals surface area contributed by atoms with Crippen molar-refractivity contribution in [1.29, 1.82) is 0 Å². The largest absolute Gasteiger partial charge is 0.491 e. The van der Waals surface area contributed by atoms with E-state index in [1.165, 1.54) is 6.20 Å². The first-order chi connectivity index (χ1) is 14.9. The molecule has 0 aliphatic heterocycles. The molecule has 0 radical (unpaired) electrons. The molecule has 0 aliphatic rings. The van der Waals surface area contributed by atoms with E-state index in [4.69, 9.17) is 10.5 Å². The monoisotopic (exact) mass is 414 g/mol. The number of hydrogen-bond acceptors (Lipinski definition) is 5. The van der Waals surface area contributed by atoms with E-state index in [9.17, 15) is 4.79 Å². The number of hydrogen-bond donors (Lipinski definition) is 3. The van der Waals surface area contributed by atoms with E-state index in [2.05, 4.69) is 20.1 Å². The average Bonchev–Trinajstić information content (AvgIpc) is 3.41. The number of anilines is 1. The Morgan fingerprint density at radius 3 is 2.74 bits per heavy atom. The maximum absolute atomic E-state index is 13.1. The first-order valence-electron chi connectivity index (χ1n) is 10.0. The lowest BCUT2D eigenvalue weighted by atomic mass is 10.1. The number of nitrogen functional groups attached to an aromatic ring is 1. The van der Waals surface area contributed by atoms with Crippen LogP contribution in [0.5, 0.6) is 5.75 Å². The van der Waals surface area contributed by atoms with Gasteiger partial charge in [-0.2, -0.15) is 5.10 Å². The quantitative estimate of drug-likeness (QED) is 0.374. The lowest BCUT2D eigenvalue weighted by Gasteiger charge is -2.08. The van der Waals surface area contributed by atoms with Crippen molar-refractivity contribution in [2.75, 3.05) is 5.73 Å². The van der Waals surface area contributed by atoms with E-state index in [1.54, 1.807) is 4.68 Å². The van der Waals surface area contributed by atoms with Crippen LogP contribution in [0.2, 0.25) is 0 Å². The van der Waals surface area contributed by atoms with Crippen molar-refractivity contribution in [2.24, 2.45) is 0 Å². The molecule has 0 bridgehead atoms. The summed E-state index contributed by atoms with van der Waals surface area (Å²) in [5, 5.41) is 5.27. The van der Waals surface area contributed by atoms with Crippen LogP contribution in [0.25, 0.3) is 27.6 Å². The molecule has 8 heteroatoms. The summed E-state index contributed by atoms with van der Waals surface area (Å²) in [7, 11) is 0. The molecule has 3 heterocycles. The first kappa shape index (κ1) is 18.9. The third kappa shape index (κ3) is 3.31. The number of aromatic amines is 2. The molecule has 4 N–H and O–H groups in total. The van der Waals surface area contributed by atoms with Gasteiger partial charge in [-0.15, -0.1) is 0 Å². The Balaban J connectivity index is 1.49. The lowest BCUT2D eigenvalue weighted by molar-refractivity contribution is 0.103. The van der Waals surface area contributed by atoms with Crippen molar-refractivity contribution < 1.29 is 9.53 Å². The fourth-order valence-electron chi connectivity index (χ4n) is 3.71. The molecule has 0 unspecified atom stereocenters. The zero-order chi connectivity index (χ0) is 21.7. The van der Waals surface area contributed by atoms with Crippen LogP contribution in [0.1, 0.15) is 35.7 Å². The van der Waals surface area contributed by atoms with Crippen molar-refractivity contribution in [1.82, 2.24) is 24.7 Å². The smallest absolute Gasteiger partial charge is 0.214 e. The number of nitrogens with one attached hydrogen (secondary N) is 2. The molecule has 3 aromatic heterocycles. The highest BCUT2D eigenvalue weighted by atomic mass is 16.5. The third-order valence-electron chi connectivity index (χ3n) is 5.09. The molecular weight excluding hydrogens is 392 g/mol. The number of nitrogens with zero attached hydrogens (tertiary/aromatic N) is 3. The Bertz CT molecular complexity index is 1440. The SMILES string of the molecule is Cc1nc2cc(-n3ncc(C(=O)c4cc5ccc(OC(C)C)cc5[nH]4)c3N)ccc2[nH]1. The minimum atomic E-state index is -0.219. The van der Waals surface area contributed by atoms with Gasteiger partial charge in [0, 0.05) is 17.0 Å². The summed E-state index contributed by atoms with van der Waals surface area (Å²) in [6.07, 6.45) is 1.57. The fourth-order valence-corrected chi connectivity index (χ4v) is 3.71. The molecule has 0 fully saturated rings. The van der Waals surface area contributed by atoms with Gasteiger partial charge in [-0.25, -0.2) is 9.67 Å². The van der Waals surface area contributed by atoms with Gasteiger partial charge in [0.05, 0.1) is 40.3 Å². The maximum Gasteiger partial charge on any atom is 0.214 e. The number of fused-ring (bicyclic) bond motifs is 2. The predicted molar refractivity (Wildman–Crippen MR) is 120 cm³/mol. The summed E-state index contributed by atoms with van der Waals surface area (Å²) in [5.41, 5.74) is 10.4. The van der Waals surface area contributed by atoms with E-state index in [1.807, 2.05) is 63.2 Å². The van der Waals surface area contributed by atoms with Gasteiger partial charge in [-0.1, -0.05) is 0 Å². The maximum atomic E-state index is 13.1. The predicted octanol–water partition coefficient (Wildman–Crippen LogP) is 4.14. The van der Waals surface area contributed by atoms with Crippen molar-refractivity contribution in [3.05, 3.63) is 65.7 Å². The van der Waals surface area contributed by atoms with Gasteiger partial charge < -0.3 is 20.4 Å². The molecule has 0 amide bonds. The van der Waals surface area contributed by atoms with Gasteiger partial charge in [0.25, 0.3) is 0 Å². The minimum Gasteiger partial charge on any atom is -0.491 e. The van der Waals surface area contributed by atoms with Gasteiger partial charge in [0.2, 0.25) is 5.78 Å². The van der Waals surface area contributed by atoms with Crippen molar-refractivity contribution in [3.8, 4) is 11.4 Å². The van der Waals surface area contributed by atoms with Crippen molar-refractivity contribution >= 4 is 33.5 Å². The summed E-state index contributed by atoms with van der Waals surface area (Å²) in [6.45, 7) is 5.84. The second-order valence-electron chi connectivity index (χ2n) is 7.81. The summed E-state index contributed by atoms with van der Waals surface area (Å²) < 4.78 is 7.28. The number of aryl methyl sites for hydroxylation is 1. The molecule has 0 spiro atoms. The zero-order valence-electron chi connectivity index (χ0n) is 17.4. The molecule has 0 saturated carbocycles. The first-order valence-corrected chi connectivity index (χ1v) is 10.0. The Labute approximate surface area is 178 Å². The lowest BCUT2D eigenvalue weighted by Crippen LogP contribution is -2.07. The molecular formula is C23H22N6O2. The molecule has 0 aliphatic carbocycles. The standard InChI is InChI=1S/C23H22N6O2/c1-12(2)31-16-6-4-14-8-21(28-19(14)10-16)22(30)17-11-25-29(23(17)24)15-5-7-18-20(9-15)27-13(3)26-18/h4-12,28H,24H2,1-3H3,(H,26,27). The number of nitrogens with two attached hydrogens (primary N) is 1. The Morgan fingerprint density at radius 1 is 1.10 bits per heavy atom. The van der Waals surface area contributed by atoms with Crippen LogP contribution in [0.15, 0.2) is 48.7 Å². The average molecular weight is 414 g/mol. The van der Waals surface area contributed by atoms with Gasteiger partial charge in [0.15, 0.2) is 0 Å². The third-order valence-corrected chi connectivity index (χ3v) is 5.09. The van der Waals surface area contributed by atoms with Crippen molar-refractivity contribution in [3.63, 3.8) is 0 Å². The molecule has 0 atom stereocenters. The highest BCUT2D eigenvalue weighted by molar-refractivity contribution is 6.12. The van der Waals surface area contributed by atoms with E-state index in [0.29, 0.717) is 11.3 Å². The summed E-state index contributed by atoms with van der Waals surface area (Å²) in [5.74, 6) is 1.64. The second kappa shape index (κ2) is 7.02. The van der Waals surface area contributed by atoms with Crippen LogP contribution in [0.3, 0.4) is 0 Å². The number of imidazole rings is 1. The summed E-state index contributed by atoms with van der Waals surface area (Å²) >= 11 is 0. The number of carbonyl (C=O) groups is 1. The molecule has 156 valence electrons. The topological polar surface area (TPSA) is 115 Å². The highest BCUT2D eigenvalue weighted by Gasteiger charge is 2.20. The number of rotatable bonds is 5. The molecule has 31 heavy (non-hydrogen) atoms. The van der Waals surface area contributed by atoms with E-state index in [-0.39, 0.29) is 17.7 Å². The van der Waals surface area contributed by atoms with Gasteiger partial charge >= 0.3 is 0 Å². The summed E-state index contributed by atoms with van der Waals surface area (Å²) in [4.78, 5) is 24.0. The Morgan fingerprint density at radius 2 is 1.94 bits per heavy atom. The van der Waals surface area contributed by atoms with E-state index in [0.717, 1.165) is 39.2 Å². The number of benzene rings is 2. The number of carbonyl (C=O) groups excluding carboxylic acids is 1. The molecule has 2 aromatic carbocycles. The van der Waals surface area contributed by atoms with Gasteiger partial charge in [-0.3, -0.25) is 4.79 Å². The van der Waals surface area contributed by atoms with Crippen LogP contribution < -0.4 is 10.5 Å². The van der Waals surface area contributed by atoms with E-state index < -0.39 is 0 Å².